The van der Waals surface area contributed by atoms with Gasteiger partial charge in [-0.3, -0.25) is 9.59 Å². The Bertz CT molecular complexity index is 270. The third kappa shape index (κ3) is 2.72. The molecule has 0 saturated carbocycles. The number of aliphatic carboxylic acids is 1. The highest BCUT2D eigenvalue weighted by Gasteiger charge is 2.44. The molecule has 0 aliphatic carbocycles. The molecule has 0 amide bonds. The summed E-state index contributed by atoms with van der Waals surface area (Å²) in [6.07, 6.45) is 1.93. The first-order chi connectivity index (χ1) is 7.50. The van der Waals surface area contributed by atoms with Crippen LogP contribution in [0.1, 0.15) is 26.2 Å². The number of esters is 1. The topological polar surface area (TPSA) is 72.8 Å². The van der Waals surface area contributed by atoms with E-state index in [1.807, 2.05) is 0 Å². The van der Waals surface area contributed by atoms with Crippen molar-refractivity contribution in [1.29, 1.82) is 0 Å². The van der Waals surface area contributed by atoms with Gasteiger partial charge in [-0.1, -0.05) is 0 Å². The molecule has 0 aromatic carbocycles. The molecule has 1 saturated heterocycles. The molecule has 5 heteroatoms. The zero-order valence-corrected chi connectivity index (χ0v) is 9.69. The highest BCUT2D eigenvalue weighted by molar-refractivity contribution is 5.98. The van der Waals surface area contributed by atoms with E-state index in [4.69, 9.17) is 9.84 Å². The molecular formula is C11H18O5. The molecule has 1 aliphatic heterocycles. The van der Waals surface area contributed by atoms with Gasteiger partial charge < -0.3 is 14.6 Å². The van der Waals surface area contributed by atoms with Gasteiger partial charge in [0, 0.05) is 13.2 Å². The lowest BCUT2D eigenvalue weighted by molar-refractivity contribution is -0.167. The van der Waals surface area contributed by atoms with Crippen LogP contribution in [0, 0.1) is 11.3 Å². The fourth-order valence-electron chi connectivity index (χ4n) is 2.01. The average molecular weight is 230 g/mol. The molecule has 1 atom stereocenters. The van der Waals surface area contributed by atoms with Crippen molar-refractivity contribution in [3.63, 3.8) is 0 Å². The molecule has 92 valence electrons. The number of hydrogen-bond acceptors (Lipinski definition) is 4. The van der Waals surface area contributed by atoms with Crippen molar-refractivity contribution >= 4 is 11.9 Å². The standard InChI is InChI=1S/C11H18O5/c1-11(9(12)13,10(14)15-2)7-8-3-5-16-6-4-8/h8H,3-7H2,1-2H3,(H,12,13). The van der Waals surface area contributed by atoms with Crippen molar-refractivity contribution in [1.82, 2.24) is 0 Å². The van der Waals surface area contributed by atoms with E-state index >= 15 is 0 Å². The number of hydrogen-bond donors (Lipinski definition) is 1. The van der Waals surface area contributed by atoms with Crippen molar-refractivity contribution in [2.45, 2.75) is 26.2 Å². The van der Waals surface area contributed by atoms with Gasteiger partial charge in [-0.2, -0.15) is 0 Å². The molecular weight excluding hydrogens is 212 g/mol. The highest BCUT2D eigenvalue weighted by Crippen LogP contribution is 2.32. The van der Waals surface area contributed by atoms with E-state index in [1.165, 1.54) is 14.0 Å². The second kappa shape index (κ2) is 5.30. The van der Waals surface area contributed by atoms with Crippen LogP contribution >= 0.6 is 0 Å². The molecule has 16 heavy (non-hydrogen) atoms. The Morgan fingerprint density at radius 3 is 2.44 bits per heavy atom. The van der Waals surface area contributed by atoms with Crippen LogP contribution in [0.4, 0.5) is 0 Å². The zero-order chi connectivity index (χ0) is 12.2. The van der Waals surface area contributed by atoms with Crippen LogP contribution in [-0.2, 0) is 19.1 Å². The number of carbonyl (C=O) groups excluding carboxylic acids is 1. The lowest BCUT2D eigenvalue weighted by Gasteiger charge is -2.29. The minimum Gasteiger partial charge on any atom is -0.480 e. The van der Waals surface area contributed by atoms with Gasteiger partial charge in [-0.15, -0.1) is 0 Å². The van der Waals surface area contributed by atoms with E-state index < -0.39 is 17.4 Å². The number of methoxy groups -OCH3 is 1. The second-order valence-corrected chi connectivity index (χ2v) is 4.39. The molecule has 1 fully saturated rings. The third-order valence-electron chi connectivity index (χ3n) is 3.15. The molecule has 1 N–H and O–H groups in total. The number of ether oxygens (including phenoxy) is 2. The van der Waals surface area contributed by atoms with Crippen molar-refractivity contribution < 1.29 is 24.2 Å². The second-order valence-electron chi connectivity index (χ2n) is 4.39. The van der Waals surface area contributed by atoms with E-state index in [0.717, 1.165) is 12.8 Å². The van der Waals surface area contributed by atoms with Gasteiger partial charge >= 0.3 is 11.9 Å². The van der Waals surface area contributed by atoms with Gasteiger partial charge in [-0.05, 0) is 32.1 Å². The summed E-state index contributed by atoms with van der Waals surface area (Å²) >= 11 is 0. The van der Waals surface area contributed by atoms with Crippen LogP contribution in [0.3, 0.4) is 0 Å². The van der Waals surface area contributed by atoms with Crippen LogP contribution in [-0.4, -0.2) is 37.4 Å². The molecule has 1 rings (SSSR count). The summed E-state index contributed by atoms with van der Waals surface area (Å²) in [5.41, 5.74) is -1.43. The van der Waals surface area contributed by atoms with Gasteiger partial charge in [0.15, 0.2) is 5.41 Å². The monoisotopic (exact) mass is 230 g/mol. The van der Waals surface area contributed by atoms with Crippen molar-refractivity contribution in [2.24, 2.45) is 11.3 Å². The quantitative estimate of drug-likeness (QED) is 0.577. The van der Waals surface area contributed by atoms with Gasteiger partial charge in [0.2, 0.25) is 0 Å². The molecule has 0 spiro atoms. The molecule has 0 aromatic rings. The Hall–Kier alpha value is -1.10. The number of carboxylic acids is 1. The van der Waals surface area contributed by atoms with Gasteiger partial charge in [0.05, 0.1) is 7.11 Å². The molecule has 0 bridgehead atoms. The fourth-order valence-corrected chi connectivity index (χ4v) is 2.01. The van der Waals surface area contributed by atoms with Crippen molar-refractivity contribution in [2.75, 3.05) is 20.3 Å². The normalized spacial score (nSPS) is 21.1. The van der Waals surface area contributed by atoms with Crippen LogP contribution in [0.25, 0.3) is 0 Å². The Labute approximate surface area is 94.7 Å². The minimum atomic E-state index is -1.43. The molecule has 1 aliphatic rings. The summed E-state index contributed by atoms with van der Waals surface area (Å²) in [6.45, 7) is 2.71. The average Bonchev–Trinajstić information content (AvgIpc) is 2.28. The first-order valence-electron chi connectivity index (χ1n) is 5.40. The van der Waals surface area contributed by atoms with E-state index in [-0.39, 0.29) is 5.92 Å². The van der Waals surface area contributed by atoms with Crippen LogP contribution in [0.2, 0.25) is 0 Å². The SMILES string of the molecule is COC(=O)C(C)(CC1CCOCC1)C(=O)O. The maximum absolute atomic E-state index is 11.5. The molecule has 1 heterocycles. The first kappa shape index (κ1) is 13.0. The lowest BCUT2D eigenvalue weighted by Crippen LogP contribution is -2.40. The summed E-state index contributed by atoms with van der Waals surface area (Å²) in [5.74, 6) is -1.58. The van der Waals surface area contributed by atoms with Crippen LogP contribution in [0.5, 0.6) is 0 Å². The van der Waals surface area contributed by atoms with Gasteiger partial charge in [0.1, 0.15) is 0 Å². The summed E-state index contributed by atoms with van der Waals surface area (Å²) < 4.78 is 9.77. The van der Waals surface area contributed by atoms with E-state index in [9.17, 15) is 9.59 Å². The predicted octanol–water partition coefficient (Wildman–Crippen LogP) is 1.07. The van der Waals surface area contributed by atoms with Crippen LogP contribution < -0.4 is 0 Å². The summed E-state index contributed by atoms with van der Waals surface area (Å²) in [4.78, 5) is 22.7. The fraction of sp³-hybridized carbons (Fsp3) is 0.818. The third-order valence-corrected chi connectivity index (χ3v) is 3.15. The van der Waals surface area contributed by atoms with Crippen molar-refractivity contribution in [3.05, 3.63) is 0 Å². The van der Waals surface area contributed by atoms with Gasteiger partial charge in [-0.25, -0.2) is 0 Å². The Morgan fingerprint density at radius 2 is 2.00 bits per heavy atom. The molecule has 1 unspecified atom stereocenters. The van der Waals surface area contributed by atoms with Crippen LogP contribution in [0.15, 0.2) is 0 Å². The maximum atomic E-state index is 11.5. The zero-order valence-electron chi connectivity index (χ0n) is 9.69. The lowest BCUT2D eigenvalue weighted by atomic mass is 9.78. The summed E-state index contributed by atoms with van der Waals surface area (Å²) in [5, 5.41) is 9.13. The summed E-state index contributed by atoms with van der Waals surface area (Å²) in [6, 6.07) is 0. The molecule has 0 aromatic heterocycles. The van der Waals surface area contributed by atoms with E-state index in [2.05, 4.69) is 4.74 Å². The minimum absolute atomic E-state index is 0.217. The molecule has 0 radical (unpaired) electrons. The van der Waals surface area contributed by atoms with Gasteiger partial charge in [0.25, 0.3) is 0 Å². The number of carbonyl (C=O) groups is 2. The summed E-state index contributed by atoms with van der Waals surface area (Å²) in [7, 11) is 1.22. The Kier molecular flexibility index (Phi) is 4.29. The number of rotatable bonds is 4. The highest BCUT2D eigenvalue weighted by atomic mass is 16.5. The Balaban J connectivity index is 2.70. The predicted molar refractivity (Wildman–Crippen MR) is 55.9 cm³/mol. The maximum Gasteiger partial charge on any atom is 0.322 e. The van der Waals surface area contributed by atoms with Crippen molar-refractivity contribution in [3.8, 4) is 0 Å². The van der Waals surface area contributed by atoms with E-state index in [1.54, 1.807) is 0 Å². The molecule has 5 nitrogen and oxygen atoms in total. The smallest absolute Gasteiger partial charge is 0.322 e. The van der Waals surface area contributed by atoms with E-state index in [0.29, 0.717) is 19.6 Å². The largest absolute Gasteiger partial charge is 0.480 e. The first-order valence-corrected chi connectivity index (χ1v) is 5.40. The number of carboxylic acid groups (broad SMARTS) is 1. The Morgan fingerprint density at radius 1 is 1.44 bits per heavy atom.